The van der Waals surface area contributed by atoms with Crippen LogP contribution >= 0.6 is 0 Å². The Balaban J connectivity index is 1.69. The van der Waals surface area contributed by atoms with E-state index < -0.39 is 10.9 Å². The third kappa shape index (κ3) is 2.98. The summed E-state index contributed by atoms with van der Waals surface area (Å²) in [7, 11) is 3.13. The first kappa shape index (κ1) is 18.2. The van der Waals surface area contributed by atoms with Crippen LogP contribution in [0.1, 0.15) is 10.4 Å². The predicted octanol–water partition coefficient (Wildman–Crippen LogP) is 2.05. The molecule has 0 radical (unpaired) electrons. The van der Waals surface area contributed by atoms with Crippen molar-refractivity contribution in [1.29, 1.82) is 0 Å². The lowest BCUT2D eigenvalue weighted by Crippen LogP contribution is -2.35. The van der Waals surface area contributed by atoms with Gasteiger partial charge in [0.05, 0.1) is 28.8 Å². The van der Waals surface area contributed by atoms with E-state index in [1.54, 1.807) is 32.3 Å². The van der Waals surface area contributed by atoms with E-state index in [1.165, 1.54) is 23.4 Å². The summed E-state index contributed by atoms with van der Waals surface area (Å²) in [6, 6.07) is 9.91. The molecular weight excluding hydrogens is 374 g/mol. The highest BCUT2D eigenvalue weighted by Crippen LogP contribution is 2.33. The molecule has 0 spiro atoms. The SMILES string of the molecule is CN(C)C(=O)c1cccc(Nc2c(Nc3cccc4[nH]cnc34)c(=O)c2=O)c1O. The summed E-state index contributed by atoms with van der Waals surface area (Å²) >= 11 is 0. The van der Waals surface area contributed by atoms with Gasteiger partial charge in [0.2, 0.25) is 0 Å². The monoisotopic (exact) mass is 391 g/mol. The quantitative estimate of drug-likeness (QED) is 0.303. The van der Waals surface area contributed by atoms with Crippen molar-refractivity contribution in [2.75, 3.05) is 24.7 Å². The number of hydrogen-bond donors (Lipinski definition) is 4. The number of H-pyrrole nitrogens is 1. The first-order valence-corrected chi connectivity index (χ1v) is 8.71. The van der Waals surface area contributed by atoms with E-state index in [4.69, 9.17) is 0 Å². The minimum absolute atomic E-state index is 0.00675. The molecule has 4 rings (SSSR count). The number of anilines is 4. The fourth-order valence-corrected chi connectivity index (χ4v) is 3.02. The number of imidazole rings is 1. The average Bonchev–Trinajstić information content (AvgIpc) is 3.20. The van der Waals surface area contributed by atoms with E-state index in [9.17, 15) is 19.5 Å². The first-order chi connectivity index (χ1) is 13.9. The number of aromatic nitrogens is 2. The standard InChI is InChI=1S/C20H17N5O4/c1-25(2)20(29)10-5-3-8-13(17(10)26)24-16-15(18(27)19(16)28)23-12-7-4-6-11-14(12)22-9-21-11/h3-9,23-24,26H,1-2H3,(H,21,22). The largest absolute Gasteiger partial charge is 0.505 e. The Kier molecular flexibility index (Phi) is 4.27. The van der Waals surface area contributed by atoms with Crippen LogP contribution in [0.3, 0.4) is 0 Å². The zero-order chi connectivity index (χ0) is 20.7. The lowest BCUT2D eigenvalue weighted by Gasteiger charge is -2.17. The Hall–Kier alpha value is -4.14. The van der Waals surface area contributed by atoms with Crippen LogP contribution in [0.5, 0.6) is 5.75 Å². The lowest BCUT2D eigenvalue weighted by molar-refractivity contribution is 0.0824. The van der Waals surface area contributed by atoms with Gasteiger partial charge in [-0.15, -0.1) is 0 Å². The number of amides is 1. The number of para-hydroxylation sites is 2. The molecule has 1 amide bonds. The number of phenolic OH excluding ortho intramolecular Hbond substituents is 1. The molecule has 0 aliphatic rings. The van der Waals surface area contributed by atoms with E-state index in [0.717, 1.165) is 5.52 Å². The van der Waals surface area contributed by atoms with Crippen LogP contribution in [0.25, 0.3) is 11.0 Å². The van der Waals surface area contributed by atoms with E-state index in [2.05, 4.69) is 20.6 Å². The minimum Gasteiger partial charge on any atom is -0.505 e. The first-order valence-electron chi connectivity index (χ1n) is 8.71. The van der Waals surface area contributed by atoms with E-state index in [1.807, 2.05) is 6.07 Å². The average molecular weight is 391 g/mol. The number of aromatic amines is 1. The molecule has 29 heavy (non-hydrogen) atoms. The zero-order valence-corrected chi connectivity index (χ0v) is 15.6. The number of rotatable bonds is 5. The molecule has 1 aromatic heterocycles. The van der Waals surface area contributed by atoms with Crippen molar-refractivity contribution in [2.24, 2.45) is 0 Å². The van der Waals surface area contributed by atoms with Crippen molar-refractivity contribution in [2.45, 2.75) is 0 Å². The Morgan fingerprint density at radius 3 is 2.31 bits per heavy atom. The molecule has 0 aliphatic carbocycles. The molecular formula is C20H17N5O4. The van der Waals surface area contributed by atoms with Gasteiger partial charge in [-0.1, -0.05) is 12.1 Å². The summed E-state index contributed by atoms with van der Waals surface area (Å²) in [5.74, 6) is -0.695. The second-order valence-electron chi connectivity index (χ2n) is 6.66. The molecule has 0 atom stereocenters. The normalized spacial score (nSPS) is 11.0. The third-order valence-corrected chi connectivity index (χ3v) is 4.55. The van der Waals surface area contributed by atoms with Gasteiger partial charge in [-0.2, -0.15) is 0 Å². The van der Waals surface area contributed by atoms with Gasteiger partial charge in [-0.25, -0.2) is 4.98 Å². The van der Waals surface area contributed by atoms with Gasteiger partial charge in [0, 0.05) is 14.1 Å². The van der Waals surface area contributed by atoms with Crippen LogP contribution in [0, 0.1) is 0 Å². The molecule has 0 bridgehead atoms. The highest BCUT2D eigenvalue weighted by atomic mass is 16.3. The van der Waals surface area contributed by atoms with Gasteiger partial charge in [0.25, 0.3) is 16.8 Å². The predicted molar refractivity (Wildman–Crippen MR) is 110 cm³/mol. The number of carbonyl (C=O) groups is 1. The van der Waals surface area contributed by atoms with Crippen LogP contribution in [-0.4, -0.2) is 40.0 Å². The van der Waals surface area contributed by atoms with E-state index >= 15 is 0 Å². The highest BCUT2D eigenvalue weighted by molar-refractivity contribution is 5.99. The van der Waals surface area contributed by atoms with Crippen molar-refractivity contribution in [3.8, 4) is 5.75 Å². The maximum absolute atomic E-state index is 12.2. The van der Waals surface area contributed by atoms with Crippen molar-refractivity contribution in [1.82, 2.24) is 14.9 Å². The molecule has 0 unspecified atom stereocenters. The second kappa shape index (κ2) is 6.79. The molecule has 0 aliphatic heterocycles. The van der Waals surface area contributed by atoms with Crippen molar-refractivity contribution in [3.63, 3.8) is 0 Å². The van der Waals surface area contributed by atoms with E-state index in [-0.39, 0.29) is 34.3 Å². The molecule has 9 nitrogen and oxygen atoms in total. The number of hydrogen-bond acceptors (Lipinski definition) is 7. The Morgan fingerprint density at radius 1 is 1.00 bits per heavy atom. The smallest absolute Gasteiger partial charge is 0.257 e. The van der Waals surface area contributed by atoms with Crippen LogP contribution in [0.2, 0.25) is 0 Å². The van der Waals surface area contributed by atoms with Crippen LogP contribution in [0.15, 0.2) is 52.3 Å². The summed E-state index contributed by atoms with van der Waals surface area (Å²) in [6.07, 6.45) is 1.53. The molecule has 4 aromatic rings. The molecule has 1 heterocycles. The third-order valence-electron chi connectivity index (χ3n) is 4.55. The summed E-state index contributed by atoms with van der Waals surface area (Å²) < 4.78 is 0. The van der Waals surface area contributed by atoms with E-state index in [0.29, 0.717) is 11.2 Å². The topological polar surface area (TPSA) is 127 Å². The molecule has 0 saturated heterocycles. The molecule has 9 heteroatoms. The maximum atomic E-state index is 12.2. The number of aromatic hydroxyl groups is 1. The number of nitrogens with zero attached hydrogens (tertiary/aromatic N) is 2. The number of nitrogens with one attached hydrogen (secondary N) is 3. The Labute approximate surface area is 164 Å². The fraction of sp³-hybridized carbons (Fsp3) is 0.100. The Morgan fingerprint density at radius 2 is 1.62 bits per heavy atom. The zero-order valence-electron chi connectivity index (χ0n) is 15.6. The van der Waals surface area contributed by atoms with Gasteiger partial charge < -0.3 is 25.6 Å². The van der Waals surface area contributed by atoms with Crippen LogP contribution in [-0.2, 0) is 0 Å². The molecule has 4 N–H and O–H groups in total. The van der Waals surface area contributed by atoms with Gasteiger partial charge in [0.1, 0.15) is 16.9 Å². The summed E-state index contributed by atoms with van der Waals surface area (Å²) in [4.78, 5) is 45.0. The highest BCUT2D eigenvalue weighted by Gasteiger charge is 2.24. The van der Waals surface area contributed by atoms with Gasteiger partial charge in [-0.3, -0.25) is 14.4 Å². The number of phenols is 1. The van der Waals surface area contributed by atoms with Crippen molar-refractivity contribution in [3.05, 3.63) is 68.7 Å². The summed E-state index contributed by atoms with van der Waals surface area (Å²) in [5.41, 5.74) is 0.843. The fourth-order valence-electron chi connectivity index (χ4n) is 3.02. The molecule has 146 valence electrons. The number of benzene rings is 2. The molecule has 0 saturated carbocycles. The van der Waals surface area contributed by atoms with Crippen molar-refractivity contribution >= 4 is 39.7 Å². The van der Waals surface area contributed by atoms with Crippen LogP contribution < -0.4 is 21.5 Å². The van der Waals surface area contributed by atoms with Crippen LogP contribution in [0.4, 0.5) is 22.7 Å². The maximum Gasteiger partial charge on any atom is 0.257 e. The number of fused-ring (bicyclic) bond motifs is 1. The van der Waals surface area contributed by atoms with Gasteiger partial charge in [0.15, 0.2) is 5.75 Å². The van der Waals surface area contributed by atoms with Gasteiger partial charge >= 0.3 is 0 Å². The summed E-state index contributed by atoms with van der Waals surface area (Å²) in [5, 5.41) is 16.2. The minimum atomic E-state index is -0.717. The molecule has 0 fully saturated rings. The van der Waals surface area contributed by atoms with Crippen molar-refractivity contribution < 1.29 is 9.90 Å². The van der Waals surface area contributed by atoms with Gasteiger partial charge in [-0.05, 0) is 24.3 Å². The summed E-state index contributed by atoms with van der Waals surface area (Å²) in [6.45, 7) is 0. The Bertz CT molecular complexity index is 1310. The second-order valence-corrected chi connectivity index (χ2v) is 6.66. The number of carbonyl (C=O) groups excluding carboxylic acids is 1. The lowest BCUT2D eigenvalue weighted by atomic mass is 10.1. The molecule has 3 aromatic carbocycles.